The standard InChI is InChI=1S/C24H31F2N3O4S/c1-5-17(3)27-24(31)22(6-2)28(15-18-10-8-7-9-11-18)23(30)16-29(34(4,32)33)19-12-13-20(25)21(26)14-19/h7-14,17,22H,5-6,15-16H2,1-4H3,(H,27,31)/t17-,22-/m0/s1. The molecule has 0 aliphatic rings. The van der Waals surface area contributed by atoms with Crippen molar-refractivity contribution in [2.45, 2.75) is 52.2 Å². The number of nitrogens with zero attached hydrogens (tertiary/aromatic N) is 2. The third-order valence-electron chi connectivity index (χ3n) is 5.45. The van der Waals surface area contributed by atoms with Gasteiger partial charge in [0.15, 0.2) is 11.6 Å². The second kappa shape index (κ2) is 11.9. The lowest BCUT2D eigenvalue weighted by Crippen LogP contribution is -2.53. The largest absolute Gasteiger partial charge is 0.352 e. The van der Waals surface area contributed by atoms with Crippen molar-refractivity contribution in [3.63, 3.8) is 0 Å². The van der Waals surface area contributed by atoms with Crippen LogP contribution < -0.4 is 9.62 Å². The first kappa shape index (κ1) is 27.2. The molecule has 0 heterocycles. The van der Waals surface area contributed by atoms with Crippen LogP contribution in [-0.2, 0) is 26.2 Å². The first-order valence-corrected chi connectivity index (χ1v) is 12.9. The molecule has 10 heteroatoms. The Bertz CT molecular complexity index is 1100. The van der Waals surface area contributed by atoms with Gasteiger partial charge in [-0.2, -0.15) is 0 Å². The quantitative estimate of drug-likeness (QED) is 0.517. The summed E-state index contributed by atoms with van der Waals surface area (Å²) in [4.78, 5) is 27.8. The van der Waals surface area contributed by atoms with Crippen molar-refractivity contribution in [3.05, 3.63) is 65.7 Å². The van der Waals surface area contributed by atoms with E-state index in [1.165, 1.54) is 4.90 Å². The summed E-state index contributed by atoms with van der Waals surface area (Å²) in [7, 11) is -4.03. The normalized spacial score (nSPS) is 13.1. The highest BCUT2D eigenvalue weighted by Crippen LogP contribution is 2.22. The molecule has 0 saturated heterocycles. The van der Waals surface area contributed by atoms with Gasteiger partial charge in [0, 0.05) is 18.7 Å². The number of carbonyl (C=O) groups is 2. The van der Waals surface area contributed by atoms with E-state index in [9.17, 15) is 26.8 Å². The number of rotatable bonds is 11. The van der Waals surface area contributed by atoms with Gasteiger partial charge in [-0.3, -0.25) is 13.9 Å². The van der Waals surface area contributed by atoms with Crippen molar-refractivity contribution < 1.29 is 26.8 Å². The number of hydrogen-bond donors (Lipinski definition) is 1. The molecule has 7 nitrogen and oxygen atoms in total. The van der Waals surface area contributed by atoms with Crippen LogP contribution in [0.2, 0.25) is 0 Å². The molecule has 1 N–H and O–H groups in total. The van der Waals surface area contributed by atoms with Crippen LogP contribution in [0.3, 0.4) is 0 Å². The van der Waals surface area contributed by atoms with E-state index in [0.717, 1.165) is 30.0 Å². The Morgan fingerprint density at radius 1 is 1.00 bits per heavy atom. The van der Waals surface area contributed by atoms with E-state index in [4.69, 9.17) is 0 Å². The highest BCUT2D eigenvalue weighted by Gasteiger charge is 2.32. The molecule has 34 heavy (non-hydrogen) atoms. The lowest BCUT2D eigenvalue weighted by Gasteiger charge is -2.33. The van der Waals surface area contributed by atoms with Crippen molar-refractivity contribution in [1.82, 2.24) is 10.2 Å². The molecule has 0 radical (unpaired) electrons. The molecule has 0 aromatic heterocycles. The van der Waals surface area contributed by atoms with Crippen LogP contribution in [0, 0.1) is 11.6 Å². The predicted octanol–water partition coefficient (Wildman–Crippen LogP) is 3.45. The smallest absolute Gasteiger partial charge is 0.244 e. The Balaban J connectivity index is 2.43. The Labute approximate surface area is 199 Å². The van der Waals surface area contributed by atoms with Gasteiger partial charge in [-0.15, -0.1) is 0 Å². The van der Waals surface area contributed by atoms with E-state index in [-0.39, 0.29) is 24.2 Å². The Morgan fingerprint density at radius 2 is 1.65 bits per heavy atom. The van der Waals surface area contributed by atoms with Crippen molar-refractivity contribution in [3.8, 4) is 0 Å². The van der Waals surface area contributed by atoms with Crippen LogP contribution in [0.1, 0.15) is 39.2 Å². The number of carbonyl (C=O) groups excluding carboxylic acids is 2. The summed E-state index contributed by atoms with van der Waals surface area (Å²) in [6, 6.07) is 10.6. The van der Waals surface area contributed by atoms with Crippen LogP contribution in [-0.4, -0.2) is 50.0 Å². The number of sulfonamides is 1. The zero-order valence-electron chi connectivity index (χ0n) is 19.8. The van der Waals surface area contributed by atoms with E-state index >= 15 is 0 Å². The summed E-state index contributed by atoms with van der Waals surface area (Å²) in [5.41, 5.74) is 0.566. The van der Waals surface area contributed by atoms with Gasteiger partial charge < -0.3 is 10.2 Å². The first-order valence-electron chi connectivity index (χ1n) is 11.0. The Hall–Kier alpha value is -3.01. The molecule has 0 aliphatic carbocycles. The molecule has 2 atom stereocenters. The molecule has 2 amide bonds. The monoisotopic (exact) mass is 495 g/mol. The van der Waals surface area contributed by atoms with Crippen molar-refractivity contribution in [2.75, 3.05) is 17.1 Å². The third-order valence-corrected chi connectivity index (χ3v) is 6.59. The maximum Gasteiger partial charge on any atom is 0.244 e. The summed E-state index contributed by atoms with van der Waals surface area (Å²) in [6.07, 6.45) is 1.87. The summed E-state index contributed by atoms with van der Waals surface area (Å²) >= 11 is 0. The minimum absolute atomic E-state index is 0.0709. The molecular formula is C24H31F2N3O4S. The van der Waals surface area contributed by atoms with Gasteiger partial charge in [0.25, 0.3) is 0 Å². The average Bonchev–Trinajstić information content (AvgIpc) is 2.78. The van der Waals surface area contributed by atoms with E-state index in [1.54, 1.807) is 31.2 Å². The van der Waals surface area contributed by atoms with Gasteiger partial charge in [0.1, 0.15) is 12.6 Å². The van der Waals surface area contributed by atoms with Gasteiger partial charge >= 0.3 is 0 Å². The molecule has 0 saturated carbocycles. The number of nitrogens with one attached hydrogen (secondary N) is 1. The predicted molar refractivity (Wildman–Crippen MR) is 128 cm³/mol. The topological polar surface area (TPSA) is 86.8 Å². The van der Waals surface area contributed by atoms with Gasteiger partial charge in [-0.25, -0.2) is 17.2 Å². The molecular weight excluding hydrogens is 464 g/mol. The third kappa shape index (κ3) is 7.24. The zero-order valence-corrected chi connectivity index (χ0v) is 20.6. The Kier molecular flexibility index (Phi) is 9.55. The van der Waals surface area contributed by atoms with E-state index < -0.39 is 40.2 Å². The minimum Gasteiger partial charge on any atom is -0.352 e. The second-order valence-electron chi connectivity index (χ2n) is 8.12. The molecule has 2 rings (SSSR count). The van der Waals surface area contributed by atoms with E-state index in [2.05, 4.69) is 5.32 Å². The zero-order chi connectivity index (χ0) is 25.5. The summed E-state index contributed by atoms with van der Waals surface area (Å²) in [5.74, 6) is -3.37. The van der Waals surface area contributed by atoms with Gasteiger partial charge in [-0.1, -0.05) is 44.2 Å². The van der Waals surface area contributed by atoms with Gasteiger partial charge in [-0.05, 0) is 37.5 Å². The fourth-order valence-electron chi connectivity index (χ4n) is 3.39. The maximum atomic E-state index is 13.8. The van der Waals surface area contributed by atoms with Crippen LogP contribution >= 0.6 is 0 Å². The second-order valence-corrected chi connectivity index (χ2v) is 10.0. The molecule has 186 valence electrons. The molecule has 0 bridgehead atoms. The molecule has 0 spiro atoms. The minimum atomic E-state index is -4.03. The van der Waals surface area contributed by atoms with Crippen LogP contribution in [0.25, 0.3) is 0 Å². The highest BCUT2D eigenvalue weighted by molar-refractivity contribution is 7.92. The average molecular weight is 496 g/mol. The number of halogens is 2. The van der Waals surface area contributed by atoms with E-state index in [0.29, 0.717) is 17.1 Å². The first-order chi connectivity index (χ1) is 16.0. The van der Waals surface area contributed by atoms with Gasteiger partial charge in [0.2, 0.25) is 21.8 Å². The lowest BCUT2D eigenvalue weighted by atomic mass is 10.1. The van der Waals surface area contributed by atoms with Crippen molar-refractivity contribution in [2.24, 2.45) is 0 Å². The van der Waals surface area contributed by atoms with Gasteiger partial charge in [0.05, 0.1) is 11.9 Å². The number of hydrogen-bond acceptors (Lipinski definition) is 4. The maximum absolute atomic E-state index is 13.8. The fourth-order valence-corrected chi connectivity index (χ4v) is 4.24. The SMILES string of the molecule is CC[C@H](C)NC(=O)[C@H](CC)N(Cc1ccccc1)C(=O)CN(c1ccc(F)c(F)c1)S(C)(=O)=O. The van der Waals surface area contributed by atoms with E-state index in [1.807, 2.05) is 19.9 Å². The lowest BCUT2D eigenvalue weighted by molar-refractivity contribution is -0.140. The molecule has 0 fully saturated rings. The highest BCUT2D eigenvalue weighted by atomic mass is 32.2. The van der Waals surface area contributed by atoms with Crippen LogP contribution in [0.15, 0.2) is 48.5 Å². The number of anilines is 1. The number of benzene rings is 2. The Morgan fingerprint density at radius 3 is 2.18 bits per heavy atom. The molecule has 2 aromatic carbocycles. The molecule has 0 unspecified atom stereocenters. The van der Waals surface area contributed by atoms with Crippen LogP contribution in [0.5, 0.6) is 0 Å². The van der Waals surface area contributed by atoms with Crippen molar-refractivity contribution >= 4 is 27.5 Å². The molecule has 2 aromatic rings. The summed E-state index contributed by atoms with van der Waals surface area (Å²) in [5, 5.41) is 2.87. The van der Waals surface area contributed by atoms with Crippen LogP contribution in [0.4, 0.5) is 14.5 Å². The molecule has 0 aliphatic heterocycles. The number of amides is 2. The summed E-state index contributed by atoms with van der Waals surface area (Å²) in [6.45, 7) is 4.92. The fraction of sp³-hybridized carbons (Fsp3) is 0.417. The summed E-state index contributed by atoms with van der Waals surface area (Å²) < 4.78 is 52.8. The van der Waals surface area contributed by atoms with Crippen molar-refractivity contribution in [1.29, 1.82) is 0 Å².